The Morgan fingerprint density at radius 1 is 1.29 bits per heavy atom. The van der Waals surface area contributed by atoms with Gasteiger partial charge in [0.25, 0.3) is 5.91 Å². The van der Waals surface area contributed by atoms with E-state index >= 15 is 0 Å². The fraction of sp³-hybridized carbons (Fsp3) is 0.312. The minimum absolute atomic E-state index is 0.0787. The highest BCUT2D eigenvalue weighted by molar-refractivity contribution is 7.91. The van der Waals surface area contributed by atoms with E-state index in [0.29, 0.717) is 9.90 Å². The second-order valence-corrected chi connectivity index (χ2v) is 9.22. The van der Waals surface area contributed by atoms with Crippen LogP contribution in [0, 0.1) is 0 Å². The predicted molar refractivity (Wildman–Crippen MR) is 95.2 cm³/mol. The minimum Gasteiger partial charge on any atom is -0.345 e. The van der Waals surface area contributed by atoms with E-state index in [1.807, 2.05) is 18.2 Å². The number of carbonyl (C=O) groups is 1. The number of thiophene rings is 1. The molecule has 1 aromatic carbocycles. The largest absolute Gasteiger partial charge is 0.345 e. The summed E-state index contributed by atoms with van der Waals surface area (Å²) < 4.78 is 25.9. The molecule has 1 atom stereocenters. The monoisotopic (exact) mass is 384 g/mol. The highest BCUT2D eigenvalue weighted by atomic mass is 35.5. The Balaban J connectivity index is 1.79. The maximum atomic E-state index is 12.5. The third-order valence-electron chi connectivity index (χ3n) is 4.06. The zero-order valence-electron chi connectivity index (χ0n) is 13.0. The normalized spacial score (nSPS) is 17.3. The van der Waals surface area contributed by atoms with Gasteiger partial charge in [0.2, 0.25) is 10.0 Å². The molecule has 5 nitrogen and oxygen atoms in total. The van der Waals surface area contributed by atoms with Gasteiger partial charge in [-0.25, -0.2) is 13.1 Å². The zero-order chi connectivity index (χ0) is 17.3. The molecule has 1 aliphatic carbocycles. The number of halogens is 1. The number of amides is 1. The van der Waals surface area contributed by atoms with E-state index < -0.39 is 10.0 Å². The molecule has 2 aromatic rings. The summed E-state index contributed by atoms with van der Waals surface area (Å²) in [5, 5.41) is 3.70. The fourth-order valence-electron chi connectivity index (χ4n) is 2.85. The lowest BCUT2D eigenvalue weighted by molar-refractivity contribution is 0.0937. The number of sulfonamides is 1. The average Bonchev–Trinajstić information content (AvgIpc) is 3.05. The number of fused-ring (bicyclic) bond motifs is 1. The number of hydrogen-bond acceptors (Lipinski definition) is 4. The molecule has 1 aromatic heterocycles. The second kappa shape index (κ2) is 6.84. The van der Waals surface area contributed by atoms with Gasteiger partial charge in [-0.05, 0) is 61.7 Å². The van der Waals surface area contributed by atoms with Gasteiger partial charge < -0.3 is 5.32 Å². The van der Waals surface area contributed by atoms with Crippen molar-refractivity contribution in [2.45, 2.75) is 29.5 Å². The van der Waals surface area contributed by atoms with Crippen molar-refractivity contribution in [1.82, 2.24) is 10.0 Å². The van der Waals surface area contributed by atoms with Crippen LogP contribution < -0.4 is 10.0 Å². The van der Waals surface area contributed by atoms with Crippen LogP contribution in [0.4, 0.5) is 0 Å². The van der Waals surface area contributed by atoms with Crippen LogP contribution in [0.1, 0.15) is 39.7 Å². The minimum atomic E-state index is -3.52. The molecule has 1 amide bonds. The highest BCUT2D eigenvalue weighted by Crippen LogP contribution is 2.32. The van der Waals surface area contributed by atoms with Crippen molar-refractivity contribution in [3.63, 3.8) is 0 Å². The number of rotatable bonds is 4. The first-order valence-electron chi connectivity index (χ1n) is 7.53. The van der Waals surface area contributed by atoms with E-state index in [-0.39, 0.29) is 16.2 Å². The summed E-state index contributed by atoms with van der Waals surface area (Å²) in [6, 6.07) is 8.62. The van der Waals surface area contributed by atoms with Crippen molar-refractivity contribution >= 4 is 38.9 Å². The first kappa shape index (κ1) is 17.4. The Kier molecular flexibility index (Phi) is 4.96. The quantitative estimate of drug-likeness (QED) is 0.850. The molecule has 3 rings (SSSR count). The van der Waals surface area contributed by atoms with E-state index in [4.69, 9.17) is 11.6 Å². The number of carbonyl (C=O) groups excluding carboxylic acids is 1. The standard InChI is InChI=1S/C16H17ClN2O3S2/c1-18-24(21,22)15-8-7-14(23-15)16(20)19-13-4-2-3-10-9-11(17)5-6-12(10)13/h5-9,13,18H,2-4H2,1H3,(H,19,20)/t13-/m1/s1. The van der Waals surface area contributed by atoms with Crippen molar-refractivity contribution in [2.75, 3.05) is 7.05 Å². The van der Waals surface area contributed by atoms with Crippen molar-refractivity contribution in [3.8, 4) is 0 Å². The van der Waals surface area contributed by atoms with Crippen LogP contribution in [0.15, 0.2) is 34.5 Å². The lowest BCUT2D eigenvalue weighted by Crippen LogP contribution is -2.30. The Morgan fingerprint density at radius 3 is 2.83 bits per heavy atom. The van der Waals surface area contributed by atoms with Gasteiger partial charge in [0, 0.05) is 5.02 Å². The molecule has 128 valence electrons. The molecule has 1 aliphatic rings. The van der Waals surface area contributed by atoms with Crippen molar-refractivity contribution in [2.24, 2.45) is 0 Å². The molecule has 24 heavy (non-hydrogen) atoms. The third kappa shape index (κ3) is 3.49. The van der Waals surface area contributed by atoms with Crippen LogP contribution in [0.2, 0.25) is 5.02 Å². The molecular formula is C16H17ClN2O3S2. The lowest BCUT2D eigenvalue weighted by Gasteiger charge is -2.26. The van der Waals surface area contributed by atoms with Crippen LogP contribution in [0.5, 0.6) is 0 Å². The molecule has 0 bridgehead atoms. The Labute approximate surface area is 150 Å². The number of aryl methyl sites for hydroxylation is 1. The van der Waals surface area contributed by atoms with Gasteiger partial charge in [-0.2, -0.15) is 0 Å². The summed E-state index contributed by atoms with van der Waals surface area (Å²) in [6.45, 7) is 0. The second-order valence-electron chi connectivity index (χ2n) is 5.59. The molecule has 0 saturated heterocycles. The summed E-state index contributed by atoms with van der Waals surface area (Å²) >= 11 is 7.00. The summed E-state index contributed by atoms with van der Waals surface area (Å²) in [5.41, 5.74) is 2.24. The van der Waals surface area contributed by atoms with Crippen LogP contribution in [-0.4, -0.2) is 21.4 Å². The van der Waals surface area contributed by atoms with Crippen LogP contribution in [0.3, 0.4) is 0 Å². The molecule has 0 fully saturated rings. The zero-order valence-corrected chi connectivity index (χ0v) is 15.4. The van der Waals surface area contributed by atoms with Gasteiger partial charge in [0.15, 0.2) is 0 Å². The van der Waals surface area contributed by atoms with Gasteiger partial charge in [-0.1, -0.05) is 17.7 Å². The Bertz CT molecular complexity index is 877. The molecule has 0 radical (unpaired) electrons. The van der Waals surface area contributed by atoms with Gasteiger partial charge >= 0.3 is 0 Å². The van der Waals surface area contributed by atoms with Gasteiger partial charge in [-0.15, -0.1) is 11.3 Å². The first-order chi connectivity index (χ1) is 11.4. The fourth-order valence-corrected chi connectivity index (χ4v) is 5.09. The topological polar surface area (TPSA) is 75.3 Å². The van der Waals surface area contributed by atoms with E-state index in [1.54, 1.807) is 0 Å². The summed E-state index contributed by atoms with van der Waals surface area (Å²) in [4.78, 5) is 12.9. The number of benzene rings is 1. The van der Waals surface area contributed by atoms with E-state index in [2.05, 4.69) is 10.0 Å². The van der Waals surface area contributed by atoms with Gasteiger partial charge in [0.1, 0.15) is 4.21 Å². The van der Waals surface area contributed by atoms with Gasteiger partial charge in [-0.3, -0.25) is 4.79 Å². The van der Waals surface area contributed by atoms with Crippen LogP contribution in [0.25, 0.3) is 0 Å². The maximum absolute atomic E-state index is 12.5. The molecule has 0 aliphatic heterocycles. The van der Waals surface area contributed by atoms with E-state index in [1.165, 1.54) is 19.2 Å². The molecule has 8 heteroatoms. The average molecular weight is 385 g/mol. The smallest absolute Gasteiger partial charge is 0.261 e. The van der Waals surface area contributed by atoms with Crippen LogP contribution >= 0.6 is 22.9 Å². The molecule has 0 spiro atoms. The summed E-state index contributed by atoms with van der Waals surface area (Å²) in [7, 11) is -2.18. The molecule has 0 saturated carbocycles. The molecule has 0 unspecified atom stereocenters. The van der Waals surface area contributed by atoms with Crippen molar-refractivity contribution < 1.29 is 13.2 Å². The highest BCUT2D eigenvalue weighted by Gasteiger charge is 2.24. The van der Waals surface area contributed by atoms with Crippen molar-refractivity contribution in [1.29, 1.82) is 0 Å². The van der Waals surface area contributed by atoms with E-state index in [9.17, 15) is 13.2 Å². The van der Waals surface area contributed by atoms with Crippen LogP contribution in [-0.2, 0) is 16.4 Å². The summed E-state index contributed by atoms with van der Waals surface area (Å²) in [5.74, 6) is -0.259. The van der Waals surface area contributed by atoms with E-state index in [0.717, 1.165) is 41.7 Å². The molecule has 2 N–H and O–H groups in total. The van der Waals surface area contributed by atoms with Crippen molar-refractivity contribution in [3.05, 3.63) is 51.4 Å². The van der Waals surface area contributed by atoms with Gasteiger partial charge in [0.05, 0.1) is 10.9 Å². The first-order valence-corrected chi connectivity index (χ1v) is 10.2. The third-order valence-corrected chi connectivity index (χ3v) is 7.29. The maximum Gasteiger partial charge on any atom is 0.261 e. The lowest BCUT2D eigenvalue weighted by atomic mass is 9.87. The Morgan fingerprint density at radius 2 is 2.08 bits per heavy atom. The predicted octanol–water partition coefficient (Wildman–Crippen LogP) is 3.12. The number of hydrogen-bond donors (Lipinski definition) is 2. The number of nitrogens with one attached hydrogen (secondary N) is 2. The Hall–Kier alpha value is -1.41. The molecule has 1 heterocycles. The summed E-state index contributed by atoms with van der Waals surface area (Å²) in [6.07, 6.45) is 2.78. The SMILES string of the molecule is CNS(=O)(=O)c1ccc(C(=O)N[C@@H]2CCCc3cc(Cl)ccc32)s1. The molecular weight excluding hydrogens is 368 g/mol.